The fourth-order valence-corrected chi connectivity index (χ4v) is 2.15. The molecule has 0 aromatic heterocycles. The number of nitriles is 1. The number of hydrogen-bond acceptors (Lipinski definition) is 2. The van der Waals surface area contributed by atoms with Gasteiger partial charge in [0.25, 0.3) is 0 Å². The van der Waals surface area contributed by atoms with Crippen molar-refractivity contribution in [1.29, 1.82) is 5.26 Å². The lowest BCUT2D eigenvalue weighted by molar-refractivity contribution is 0.954. The molecular formula is C18H19N3. The maximum absolute atomic E-state index is 9.15. The zero-order valence-electron chi connectivity index (χ0n) is 12.2. The average Bonchev–Trinajstić information content (AvgIpc) is 2.54. The highest BCUT2D eigenvalue weighted by molar-refractivity contribution is 5.80. The van der Waals surface area contributed by atoms with Crippen LogP contribution in [0.25, 0.3) is 11.1 Å². The van der Waals surface area contributed by atoms with E-state index in [1.165, 1.54) is 0 Å². The lowest BCUT2D eigenvalue weighted by Crippen LogP contribution is -2.11. The van der Waals surface area contributed by atoms with Crippen LogP contribution in [0.2, 0.25) is 0 Å². The molecule has 0 atom stereocenters. The Morgan fingerprint density at radius 1 is 1.14 bits per heavy atom. The maximum atomic E-state index is 9.15. The quantitative estimate of drug-likeness (QED) is 0.666. The third-order valence-corrected chi connectivity index (χ3v) is 3.28. The van der Waals surface area contributed by atoms with Gasteiger partial charge in [0, 0.05) is 6.42 Å². The summed E-state index contributed by atoms with van der Waals surface area (Å²) in [6.07, 6.45) is 1.85. The number of nitrogens with zero attached hydrogens (tertiary/aromatic N) is 2. The highest BCUT2D eigenvalue weighted by Crippen LogP contribution is 2.23. The van der Waals surface area contributed by atoms with Crippen LogP contribution in [0.5, 0.6) is 0 Å². The maximum Gasteiger partial charge on any atom is 0.0998 e. The molecule has 0 saturated carbocycles. The molecule has 0 radical (unpaired) electrons. The van der Waals surface area contributed by atoms with E-state index in [1.807, 2.05) is 48.5 Å². The lowest BCUT2D eigenvalue weighted by atomic mass is 9.99. The SMILES string of the molecule is CCCC(N)=NCc1ccc(-c2ccccc2C#N)cc1. The highest BCUT2D eigenvalue weighted by Gasteiger charge is 2.03. The van der Waals surface area contributed by atoms with E-state index >= 15 is 0 Å². The molecule has 3 nitrogen and oxygen atoms in total. The monoisotopic (exact) mass is 277 g/mol. The average molecular weight is 277 g/mol. The normalized spacial score (nSPS) is 11.1. The van der Waals surface area contributed by atoms with Crippen LogP contribution in [-0.4, -0.2) is 5.84 Å². The molecule has 0 bridgehead atoms. The number of benzene rings is 2. The Hall–Kier alpha value is -2.60. The molecule has 0 aliphatic heterocycles. The van der Waals surface area contributed by atoms with Gasteiger partial charge < -0.3 is 5.73 Å². The van der Waals surface area contributed by atoms with Gasteiger partial charge in [-0.05, 0) is 29.2 Å². The minimum atomic E-state index is 0.603. The van der Waals surface area contributed by atoms with Crippen LogP contribution >= 0.6 is 0 Å². The van der Waals surface area contributed by atoms with E-state index in [0.717, 1.165) is 29.5 Å². The first kappa shape index (κ1) is 14.8. The standard InChI is InChI=1S/C18H19N3/c1-2-5-18(20)21-13-14-8-10-15(11-9-14)17-7-4-3-6-16(17)12-19/h3-4,6-11H,2,5,13H2,1H3,(H2,20,21). The summed E-state index contributed by atoms with van der Waals surface area (Å²) in [5, 5.41) is 9.15. The Bertz CT molecular complexity index is 664. The molecule has 2 aromatic rings. The van der Waals surface area contributed by atoms with Gasteiger partial charge in [-0.25, -0.2) is 0 Å². The highest BCUT2D eigenvalue weighted by atomic mass is 14.8. The van der Waals surface area contributed by atoms with Crippen molar-refractivity contribution in [1.82, 2.24) is 0 Å². The van der Waals surface area contributed by atoms with Gasteiger partial charge in [-0.3, -0.25) is 4.99 Å². The second-order valence-corrected chi connectivity index (χ2v) is 4.91. The Morgan fingerprint density at radius 3 is 2.52 bits per heavy atom. The second-order valence-electron chi connectivity index (χ2n) is 4.91. The molecule has 3 heteroatoms. The minimum Gasteiger partial charge on any atom is -0.387 e. The topological polar surface area (TPSA) is 62.2 Å². The molecule has 0 saturated heterocycles. The molecule has 0 aliphatic rings. The number of nitrogens with two attached hydrogens (primary N) is 1. The van der Waals surface area contributed by atoms with Crippen molar-refractivity contribution < 1.29 is 0 Å². The van der Waals surface area contributed by atoms with Crippen molar-refractivity contribution in [2.45, 2.75) is 26.3 Å². The molecule has 21 heavy (non-hydrogen) atoms. The predicted octanol–water partition coefficient (Wildman–Crippen LogP) is 3.88. The van der Waals surface area contributed by atoms with Crippen LogP contribution in [0.4, 0.5) is 0 Å². The summed E-state index contributed by atoms with van der Waals surface area (Å²) in [6.45, 7) is 2.69. The minimum absolute atomic E-state index is 0.603. The van der Waals surface area contributed by atoms with Gasteiger partial charge in [0.1, 0.15) is 0 Å². The first-order valence-corrected chi connectivity index (χ1v) is 7.12. The first-order valence-electron chi connectivity index (χ1n) is 7.12. The number of rotatable bonds is 5. The fourth-order valence-electron chi connectivity index (χ4n) is 2.15. The Kier molecular flexibility index (Phi) is 5.11. The third-order valence-electron chi connectivity index (χ3n) is 3.28. The van der Waals surface area contributed by atoms with Gasteiger partial charge in [-0.1, -0.05) is 49.4 Å². The molecule has 2 aromatic carbocycles. The molecule has 2 N–H and O–H groups in total. The number of amidine groups is 1. The molecule has 0 unspecified atom stereocenters. The molecule has 0 spiro atoms. The van der Waals surface area contributed by atoms with Crippen LogP contribution in [0, 0.1) is 11.3 Å². The van der Waals surface area contributed by atoms with Crippen LogP contribution in [-0.2, 0) is 6.54 Å². The fraction of sp³-hybridized carbons (Fsp3) is 0.222. The van der Waals surface area contributed by atoms with Crippen LogP contribution in [0.1, 0.15) is 30.9 Å². The van der Waals surface area contributed by atoms with Crippen LogP contribution in [0.15, 0.2) is 53.5 Å². The Labute approximate surface area is 125 Å². The molecular weight excluding hydrogens is 258 g/mol. The van der Waals surface area contributed by atoms with Crippen molar-refractivity contribution >= 4 is 5.84 Å². The lowest BCUT2D eigenvalue weighted by Gasteiger charge is -2.05. The molecule has 0 heterocycles. The van der Waals surface area contributed by atoms with Gasteiger partial charge in [-0.2, -0.15) is 5.26 Å². The zero-order chi connectivity index (χ0) is 15.1. The van der Waals surface area contributed by atoms with E-state index in [4.69, 9.17) is 11.0 Å². The summed E-state index contributed by atoms with van der Waals surface area (Å²) >= 11 is 0. The van der Waals surface area contributed by atoms with E-state index in [-0.39, 0.29) is 0 Å². The van der Waals surface area contributed by atoms with E-state index in [2.05, 4.69) is 18.0 Å². The Balaban J connectivity index is 2.16. The van der Waals surface area contributed by atoms with Gasteiger partial charge in [-0.15, -0.1) is 0 Å². The third kappa shape index (κ3) is 3.93. The van der Waals surface area contributed by atoms with Gasteiger partial charge in [0.15, 0.2) is 0 Å². The molecule has 0 amide bonds. The smallest absolute Gasteiger partial charge is 0.0998 e. The zero-order valence-corrected chi connectivity index (χ0v) is 12.2. The van der Waals surface area contributed by atoms with Crippen LogP contribution < -0.4 is 5.73 Å². The van der Waals surface area contributed by atoms with Crippen molar-refractivity contribution in [3.8, 4) is 17.2 Å². The molecule has 106 valence electrons. The molecule has 0 aliphatic carbocycles. The number of hydrogen-bond donors (Lipinski definition) is 1. The van der Waals surface area contributed by atoms with E-state index in [1.54, 1.807) is 0 Å². The summed E-state index contributed by atoms with van der Waals surface area (Å²) in [5.41, 5.74) is 9.61. The van der Waals surface area contributed by atoms with Crippen molar-refractivity contribution in [2.75, 3.05) is 0 Å². The Morgan fingerprint density at radius 2 is 1.86 bits per heavy atom. The van der Waals surface area contributed by atoms with Gasteiger partial charge in [0.05, 0.1) is 24.0 Å². The summed E-state index contributed by atoms with van der Waals surface area (Å²) in [6, 6.07) is 18.0. The van der Waals surface area contributed by atoms with Crippen molar-refractivity contribution in [3.63, 3.8) is 0 Å². The van der Waals surface area contributed by atoms with E-state index in [9.17, 15) is 0 Å². The van der Waals surface area contributed by atoms with Crippen molar-refractivity contribution in [3.05, 3.63) is 59.7 Å². The van der Waals surface area contributed by atoms with E-state index in [0.29, 0.717) is 17.9 Å². The van der Waals surface area contributed by atoms with Gasteiger partial charge in [0.2, 0.25) is 0 Å². The molecule has 0 fully saturated rings. The number of aliphatic imine (C=N–C) groups is 1. The largest absolute Gasteiger partial charge is 0.387 e. The summed E-state index contributed by atoms with van der Waals surface area (Å²) in [4.78, 5) is 4.36. The second kappa shape index (κ2) is 7.25. The van der Waals surface area contributed by atoms with E-state index < -0.39 is 0 Å². The van der Waals surface area contributed by atoms with Crippen molar-refractivity contribution in [2.24, 2.45) is 10.7 Å². The summed E-state index contributed by atoms with van der Waals surface area (Å²) in [7, 11) is 0. The molecule has 2 rings (SSSR count). The summed E-state index contributed by atoms with van der Waals surface area (Å²) in [5.74, 6) is 0.705. The van der Waals surface area contributed by atoms with Crippen LogP contribution in [0.3, 0.4) is 0 Å². The van der Waals surface area contributed by atoms with Gasteiger partial charge >= 0.3 is 0 Å². The summed E-state index contributed by atoms with van der Waals surface area (Å²) < 4.78 is 0. The predicted molar refractivity (Wildman–Crippen MR) is 86.8 cm³/mol. The first-order chi connectivity index (χ1) is 10.2.